The second-order valence-electron chi connectivity index (χ2n) is 4.90. The maximum Gasteiger partial charge on any atom is 0.244 e. The number of likely N-dealkylation sites (tertiary alicyclic amines) is 1. The number of sulfone groups is 1. The van der Waals surface area contributed by atoms with Crippen LogP contribution in [-0.4, -0.2) is 42.3 Å². The molecule has 2 rings (SSSR count). The summed E-state index contributed by atoms with van der Waals surface area (Å²) in [6.45, 7) is 5.03. The van der Waals surface area contributed by atoms with Crippen LogP contribution < -0.4 is 0 Å². The number of hydrogen-bond donors (Lipinski definition) is 0. The quantitative estimate of drug-likeness (QED) is 0.741. The lowest BCUT2D eigenvalue weighted by molar-refractivity contribution is -0.134. The van der Waals surface area contributed by atoms with E-state index in [0.29, 0.717) is 19.3 Å². The molecule has 92 valence electrons. The monoisotopic (exact) mass is 245 g/mol. The van der Waals surface area contributed by atoms with E-state index in [9.17, 15) is 13.2 Å². The highest BCUT2D eigenvalue weighted by Crippen LogP contribution is 2.47. The molecule has 0 aromatic rings. The molecular formula is C11H19NO3S. The third kappa shape index (κ3) is 1.48. The van der Waals surface area contributed by atoms with E-state index in [1.807, 2.05) is 6.92 Å². The summed E-state index contributed by atoms with van der Waals surface area (Å²) in [5.41, 5.74) is 0. The van der Waals surface area contributed by atoms with Crippen LogP contribution in [0.25, 0.3) is 0 Å². The molecule has 5 heteroatoms. The minimum absolute atomic E-state index is 0.140. The average molecular weight is 245 g/mol. The second kappa shape index (κ2) is 3.72. The van der Waals surface area contributed by atoms with Crippen LogP contribution >= 0.6 is 0 Å². The van der Waals surface area contributed by atoms with Gasteiger partial charge in [-0.2, -0.15) is 0 Å². The van der Waals surface area contributed by atoms with E-state index >= 15 is 0 Å². The molecule has 2 aliphatic rings. The highest BCUT2D eigenvalue weighted by Gasteiger charge is 2.63. The number of carbonyl (C=O) groups is 1. The van der Waals surface area contributed by atoms with Crippen LogP contribution in [0.3, 0.4) is 0 Å². The average Bonchev–Trinajstić information content (AvgIpc) is 2.94. The zero-order valence-electron chi connectivity index (χ0n) is 9.90. The Morgan fingerprint density at radius 3 is 2.25 bits per heavy atom. The van der Waals surface area contributed by atoms with Gasteiger partial charge < -0.3 is 4.90 Å². The third-order valence-corrected chi connectivity index (χ3v) is 6.95. The molecule has 0 spiro atoms. The standard InChI is InChI=1S/C11H19NO3S/c1-3-9(2)16(14,15)11(5-6-11)10(13)12-7-4-8-12/h9H,3-8H2,1-2H3. The molecule has 0 N–H and O–H groups in total. The molecule has 1 saturated carbocycles. The van der Waals surface area contributed by atoms with E-state index in [1.165, 1.54) is 0 Å². The number of hydrogen-bond acceptors (Lipinski definition) is 3. The Balaban J connectivity index is 2.22. The van der Waals surface area contributed by atoms with Crippen LogP contribution in [0, 0.1) is 0 Å². The van der Waals surface area contributed by atoms with E-state index in [2.05, 4.69) is 0 Å². The van der Waals surface area contributed by atoms with E-state index < -0.39 is 19.8 Å². The number of nitrogens with zero attached hydrogens (tertiary/aromatic N) is 1. The van der Waals surface area contributed by atoms with Gasteiger partial charge >= 0.3 is 0 Å². The molecule has 1 aliphatic carbocycles. The minimum Gasteiger partial charge on any atom is -0.341 e. The largest absolute Gasteiger partial charge is 0.341 e. The Labute approximate surface area is 96.9 Å². The summed E-state index contributed by atoms with van der Waals surface area (Å²) in [6, 6.07) is 0. The molecule has 4 nitrogen and oxygen atoms in total. The summed E-state index contributed by atoms with van der Waals surface area (Å²) in [6.07, 6.45) is 2.63. The van der Waals surface area contributed by atoms with Crippen molar-refractivity contribution in [1.82, 2.24) is 4.90 Å². The predicted octanol–water partition coefficient (Wildman–Crippen LogP) is 0.965. The summed E-state index contributed by atoms with van der Waals surface area (Å²) in [7, 11) is -3.29. The molecule has 1 aliphatic heterocycles. The summed E-state index contributed by atoms with van der Waals surface area (Å²) in [5, 5.41) is -0.403. The van der Waals surface area contributed by atoms with Gasteiger partial charge in [0, 0.05) is 13.1 Å². The molecule has 1 heterocycles. The van der Waals surface area contributed by atoms with E-state index in [0.717, 1.165) is 19.5 Å². The molecule has 1 atom stereocenters. The molecule has 1 saturated heterocycles. The van der Waals surface area contributed by atoms with Crippen molar-refractivity contribution in [3.63, 3.8) is 0 Å². The molecule has 2 fully saturated rings. The van der Waals surface area contributed by atoms with Gasteiger partial charge in [-0.3, -0.25) is 4.79 Å². The van der Waals surface area contributed by atoms with Crippen LogP contribution in [0.4, 0.5) is 0 Å². The number of rotatable bonds is 4. The molecular weight excluding hydrogens is 226 g/mol. The van der Waals surface area contributed by atoms with Crippen molar-refractivity contribution in [3.8, 4) is 0 Å². The van der Waals surface area contributed by atoms with Gasteiger partial charge in [0.25, 0.3) is 0 Å². The molecule has 0 aromatic heterocycles. The highest BCUT2D eigenvalue weighted by atomic mass is 32.2. The van der Waals surface area contributed by atoms with E-state index in [4.69, 9.17) is 0 Å². The highest BCUT2D eigenvalue weighted by molar-refractivity contribution is 7.94. The van der Waals surface area contributed by atoms with Crippen LogP contribution in [0.2, 0.25) is 0 Å². The summed E-state index contributed by atoms with van der Waals surface area (Å²) >= 11 is 0. The molecule has 16 heavy (non-hydrogen) atoms. The first-order valence-electron chi connectivity index (χ1n) is 5.98. The van der Waals surface area contributed by atoms with E-state index in [-0.39, 0.29) is 5.91 Å². The van der Waals surface area contributed by atoms with Crippen molar-refractivity contribution >= 4 is 15.7 Å². The van der Waals surface area contributed by atoms with Crippen LogP contribution in [-0.2, 0) is 14.6 Å². The zero-order valence-corrected chi connectivity index (χ0v) is 10.7. The molecule has 0 radical (unpaired) electrons. The smallest absolute Gasteiger partial charge is 0.244 e. The Morgan fingerprint density at radius 2 is 1.94 bits per heavy atom. The summed E-state index contributed by atoms with van der Waals surface area (Å²) in [5.74, 6) is -0.140. The Kier molecular flexibility index (Phi) is 2.77. The fourth-order valence-electron chi connectivity index (χ4n) is 2.15. The van der Waals surface area contributed by atoms with Crippen molar-refractivity contribution in [2.24, 2.45) is 0 Å². The van der Waals surface area contributed by atoms with Gasteiger partial charge in [0.2, 0.25) is 5.91 Å². The number of amides is 1. The van der Waals surface area contributed by atoms with Crippen molar-refractivity contribution in [3.05, 3.63) is 0 Å². The van der Waals surface area contributed by atoms with Gasteiger partial charge in [0.15, 0.2) is 14.6 Å². The Bertz CT molecular complexity index is 393. The van der Waals surface area contributed by atoms with Crippen molar-refractivity contribution in [2.75, 3.05) is 13.1 Å². The Morgan fingerprint density at radius 1 is 1.38 bits per heavy atom. The van der Waals surface area contributed by atoms with Crippen molar-refractivity contribution in [1.29, 1.82) is 0 Å². The normalized spacial score (nSPS) is 24.8. The van der Waals surface area contributed by atoms with Crippen LogP contribution in [0.15, 0.2) is 0 Å². The fourth-order valence-corrected chi connectivity index (χ4v) is 4.40. The molecule has 0 bridgehead atoms. The van der Waals surface area contributed by atoms with Gasteiger partial charge in [-0.15, -0.1) is 0 Å². The summed E-state index contributed by atoms with van der Waals surface area (Å²) < 4.78 is 23.5. The Hall–Kier alpha value is -0.580. The number of carbonyl (C=O) groups excluding carboxylic acids is 1. The lowest BCUT2D eigenvalue weighted by Gasteiger charge is -2.34. The molecule has 1 unspecified atom stereocenters. The third-order valence-electron chi connectivity index (χ3n) is 3.89. The first-order chi connectivity index (χ1) is 7.45. The summed E-state index contributed by atoms with van der Waals surface area (Å²) in [4.78, 5) is 13.8. The van der Waals surface area contributed by atoms with Crippen molar-refractivity contribution in [2.45, 2.75) is 49.5 Å². The maximum absolute atomic E-state index is 12.3. The lowest BCUT2D eigenvalue weighted by Crippen LogP contribution is -2.52. The van der Waals surface area contributed by atoms with Gasteiger partial charge in [-0.25, -0.2) is 8.42 Å². The molecule has 0 aromatic carbocycles. The first kappa shape index (κ1) is 11.9. The van der Waals surface area contributed by atoms with Gasteiger partial charge in [0.1, 0.15) is 0 Å². The van der Waals surface area contributed by atoms with Crippen molar-refractivity contribution < 1.29 is 13.2 Å². The molecule has 1 amide bonds. The second-order valence-corrected chi connectivity index (χ2v) is 7.58. The SMILES string of the molecule is CCC(C)S(=O)(=O)C1(C(=O)N2CCC2)CC1. The van der Waals surface area contributed by atoms with Gasteiger partial charge in [0.05, 0.1) is 5.25 Å². The maximum atomic E-state index is 12.3. The predicted molar refractivity (Wildman–Crippen MR) is 61.8 cm³/mol. The van der Waals surface area contributed by atoms with Gasteiger partial charge in [-0.1, -0.05) is 6.92 Å². The zero-order chi connectivity index (χ0) is 12.0. The van der Waals surface area contributed by atoms with Gasteiger partial charge in [-0.05, 0) is 32.6 Å². The minimum atomic E-state index is -3.29. The fraction of sp³-hybridized carbons (Fsp3) is 0.909. The topological polar surface area (TPSA) is 54.5 Å². The lowest BCUT2D eigenvalue weighted by atomic mass is 10.2. The van der Waals surface area contributed by atoms with Crippen LogP contribution in [0.1, 0.15) is 39.5 Å². The first-order valence-corrected chi connectivity index (χ1v) is 7.53. The van der Waals surface area contributed by atoms with Crippen LogP contribution in [0.5, 0.6) is 0 Å². The van der Waals surface area contributed by atoms with E-state index in [1.54, 1.807) is 11.8 Å².